The fraction of sp³-hybridized carbons (Fsp3) is 0.286. The van der Waals surface area contributed by atoms with Crippen LogP contribution in [0.25, 0.3) is 10.9 Å². The molecule has 92 valence electrons. The molecule has 0 saturated carbocycles. The highest BCUT2D eigenvalue weighted by atomic mass is 16.5. The molecule has 4 heteroatoms. The summed E-state index contributed by atoms with van der Waals surface area (Å²) in [5.74, 6) is 3.54. The molecule has 0 aliphatic heterocycles. The molecule has 1 heterocycles. The standard InChI is InChI=1S/C14H15N3O/c1-3-9-15-14-16-12-8-6-5-7-11(12)13(17-14)18-10-4-2/h2,5-8H,3,9-10H2,1H3,(H,15,16,17). The minimum absolute atomic E-state index is 0.203. The average Bonchev–Trinajstić information content (AvgIpc) is 2.42. The van der Waals surface area contributed by atoms with Gasteiger partial charge in [0.05, 0.1) is 10.9 Å². The van der Waals surface area contributed by atoms with Gasteiger partial charge in [-0.05, 0) is 18.6 Å². The Kier molecular flexibility index (Phi) is 3.98. The molecule has 0 aliphatic carbocycles. The van der Waals surface area contributed by atoms with Crippen molar-refractivity contribution in [2.45, 2.75) is 13.3 Å². The van der Waals surface area contributed by atoms with Gasteiger partial charge in [0.1, 0.15) is 0 Å². The van der Waals surface area contributed by atoms with Crippen molar-refractivity contribution in [2.24, 2.45) is 0 Å². The lowest BCUT2D eigenvalue weighted by molar-refractivity contribution is 0.360. The molecule has 0 atom stereocenters. The molecular formula is C14H15N3O. The van der Waals surface area contributed by atoms with Crippen molar-refractivity contribution in [1.82, 2.24) is 9.97 Å². The van der Waals surface area contributed by atoms with Crippen LogP contribution in [0, 0.1) is 12.3 Å². The number of nitrogens with zero attached hydrogens (tertiary/aromatic N) is 2. The number of ether oxygens (including phenoxy) is 1. The fourth-order valence-electron chi connectivity index (χ4n) is 1.58. The minimum Gasteiger partial charge on any atom is -0.464 e. The predicted molar refractivity (Wildman–Crippen MR) is 72.6 cm³/mol. The lowest BCUT2D eigenvalue weighted by Gasteiger charge is -2.09. The molecule has 2 rings (SSSR count). The molecule has 4 nitrogen and oxygen atoms in total. The number of benzene rings is 1. The topological polar surface area (TPSA) is 47.0 Å². The van der Waals surface area contributed by atoms with Crippen molar-refractivity contribution in [3.63, 3.8) is 0 Å². The van der Waals surface area contributed by atoms with Gasteiger partial charge in [-0.15, -0.1) is 6.42 Å². The van der Waals surface area contributed by atoms with E-state index < -0.39 is 0 Å². The summed E-state index contributed by atoms with van der Waals surface area (Å²) in [5.41, 5.74) is 0.845. The highest BCUT2D eigenvalue weighted by molar-refractivity contribution is 5.84. The Balaban J connectivity index is 2.40. The summed E-state index contributed by atoms with van der Waals surface area (Å²) in [7, 11) is 0. The normalized spacial score (nSPS) is 10.0. The van der Waals surface area contributed by atoms with Crippen LogP contribution in [0.3, 0.4) is 0 Å². The first-order chi connectivity index (χ1) is 8.85. The molecular weight excluding hydrogens is 226 g/mol. The first-order valence-corrected chi connectivity index (χ1v) is 5.92. The highest BCUT2D eigenvalue weighted by Crippen LogP contribution is 2.23. The zero-order chi connectivity index (χ0) is 12.8. The summed E-state index contributed by atoms with van der Waals surface area (Å²) in [6.45, 7) is 3.12. The zero-order valence-corrected chi connectivity index (χ0v) is 10.3. The van der Waals surface area contributed by atoms with Crippen LogP contribution in [0.2, 0.25) is 0 Å². The predicted octanol–water partition coefficient (Wildman–Crippen LogP) is 2.46. The Morgan fingerprint density at radius 3 is 2.94 bits per heavy atom. The molecule has 0 amide bonds. The Hall–Kier alpha value is -2.28. The van der Waals surface area contributed by atoms with E-state index in [1.807, 2.05) is 24.3 Å². The van der Waals surface area contributed by atoms with Crippen LogP contribution in [0.1, 0.15) is 13.3 Å². The van der Waals surface area contributed by atoms with Gasteiger partial charge >= 0.3 is 0 Å². The van der Waals surface area contributed by atoms with Crippen molar-refractivity contribution in [2.75, 3.05) is 18.5 Å². The molecule has 1 aromatic carbocycles. The van der Waals surface area contributed by atoms with E-state index in [1.165, 1.54) is 0 Å². The van der Waals surface area contributed by atoms with Gasteiger partial charge in [0.2, 0.25) is 11.8 Å². The SMILES string of the molecule is C#CCOc1nc(NCCC)nc2ccccc12. The molecule has 0 saturated heterocycles. The van der Waals surface area contributed by atoms with Crippen molar-refractivity contribution in [1.29, 1.82) is 0 Å². The molecule has 18 heavy (non-hydrogen) atoms. The number of terminal acetylenes is 1. The Morgan fingerprint density at radius 1 is 1.33 bits per heavy atom. The van der Waals surface area contributed by atoms with Crippen molar-refractivity contribution >= 4 is 16.9 Å². The third kappa shape index (κ3) is 2.69. The molecule has 1 N–H and O–H groups in total. The van der Waals surface area contributed by atoms with Crippen LogP contribution in [0.15, 0.2) is 24.3 Å². The summed E-state index contributed by atoms with van der Waals surface area (Å²) >= 11 is 0. The Labute approximate surface area is 106 Å². The molecule has 0 fully saturated rings. The van der Waals surface area contributed by atoms with Crippen LogP contribution in [0.4, 0.5) is 5.95 Å². The van der Waals surface area contributed by atoms with E-state index in [0.717, 1.165) is 23.9 Å². The summed E-state index contributed by atoms with van der Waals surface area (Å²) in [5, 5.41) is 4.02. The largest absolute Gasteiger partial charge is 0.464 e. The third-order valence-corrected chi connectivity index (χ3v) is 2.39. The second-order valence-corrected chi connectivity index (χ2v) is 3.79. The van der Waals surface area contributed by atoms with Gasteiger partial charge < -0.3 is 10.1 Å². The lowest BCUT2D eigenvalue weighted by Crippen LogP contribution is -2.06. The monoisotopic (exact) mass is 241 g/mol. The number of anilines is 1. The van der Waals surface area contributed by atoms with E-state index in [-0.39, 0.29) is 6.61 Å². The summed E-state index contributed by atoms with van der Waals surface area (Å²) in [6.07, 6.45) is 6.22. The number of hydrogen-bond acceptors (Lipinski definition) is 4. The van der Waals surface area contributed by atoms with E-state index in [9.17, 15) is 0 Å². The first-order valence-electron chi connectivity index (χ1n) is 5.92. The second kappa shape index (κ2) is 5.87. The van der Waals surface area contributed by atoms with Gasteiger partial charge in [-0.25, -0.2) is 4.98 Å². The molecule has 0 bridgehead atoms. The number of fused-ring (bicyclic) bond motifs is 1. The van der Waals surface area contributed by atoms with Gasteiger partial charge in [-0.2, -0.15) is 4.98 Å². The third-order valence-electron chi connectivity index (χ3n) is 2.39. The van der Waals surface area contributed by atoms with Gasteiger partial charge in [0, 0.05) is 6.54 Å². The Bertz CT molecular complexity index is 575. The molecule has 0 unspecified atom stereocenters. The summed E-state index contributed by atoms with van der Waals surface area (Å²) in [4.78, 5) is 8.76. The second-order valence-electron chi connectivity index (χ2n) is 3.79. The maximum Gasteiger partial charge on any atom is 0.227 e. The number of hydrogen-bond donors (Lipinski definition) is 1. The first kappa shape index (κ1) is 12.2. The minimum atomic E-state index is 0.203. The van der Waals surface area contributed by atoms with Crippen LogP contribution >= 0.6 is 0 Å². The van der Waals surface area contributed by atoms with Gasteiger partial charge in [-0.1, -0.05) is 25.0 Å². The van der Waals surface area contributed by atoms with E-state index in [1.54, 1.807) is 0 Å². The molecule has 2 aromatic rings. The van der Waals surface area contributed by atoms with Crippen molar-refractivity contribution in [3.05, 3.63) is 24.3 Å². The molecule has 0 radical (unpaired) electrons. The number of para-hydroxylation sites is 1. The smallest absolute Gasteiger partial charge is 0.227 e. The van der Waals surface area contributed by atoms with E-state index in [4.69, 9.17) is 11.2 Å². The molecule has 0 aliphatic rings. The number of nitrogens with one attached hydrogen (secondary N) is 1. The van der Waals surface area contributed by atoms with E-state index in [0.29, 0.717) is 11.8 Å². The van der Waals surface area contributed by atoms with Crippen LogP contribution in [-0.4, -0.2) is 23.1 Å². The maximum absolute atomic E-state index is 5.46. The van der Waals surface area contributed by atoms with Crippen LogP contribution < -0.4 is 10.1 Å². The van der Waals surface area contributed by atoms with E-state index in [2.05, 4.69) is 28.1 Å². The van der Waals surface area contributed by atoms with Gasteiger partial charge in [-0.3, -0.25) is 0 Å². The van der Waals surface area contributed by atoms with E-state index >= 15 is 0 Å². The number of aromatic nitrogens is 2. The zero-order valence-electron chi connectivity index (χ0n) is 10.3. The van der Waals surface area contributed by atoms with Crippen LogP contribution in [-0.2, 0) is 0 Å². The van der Waals surface area contributed by atoms with Gasteiger partial charge in [0.25, 0.3) is 0 Å². The molecule has 1 aromatic heterocycles. The summed E-state index contributed by atoms with van der Waals surface area (Å²) < 4.78 is 5.46. The fourth-order valence-corrected chi connectivity index (χ4v) is 1.58. The highest BCUT2D eigenvalue weighted by Gasteiger charge is 2.07. The average molecular weight is 241 g/mol. The quantitative estimate of drug-likeness (QED) is 0.817. The Morgan fingerprint density at radius 2 is 2.17 bits per heavy atom. The molecule has 0 spiro atoms. The summed E-state index contributed by atoms with van der Waals surface area (Å²) in [6, 6.07) is 7.71. The lowest BCUT2D eigenvalue weighted by atomic mass is 10.2. The van der Waals surface area contributed by atoms with Crippen molar-refractivity contribution < 1.29 is 4.74 Å². The number of rotatable bonds is 5. The van der Waals surface area contributed by atoms with Gasteiger partial charge in [0.15, 0.2) is 6.61 Å². The van der Waals surface area contributed by atoms with Crippen molar-refractivity contribution in [3.8, 4) is 18.2 Å². The van der Waals surface area contributed by atoms with Crippen LogP contribution in [0.5, 0.6) is 5.88 Å². The maximum atomic E-state index is 5.46.